The van der Waals surface area contributed by atoms with Crippen molar-refractivity contribution in [3.05, 3.63) is 95.7 Å². The summed E-state index contributed by atoms with van der Waals surface area (Å²) < 4.78 is 5.19. The van der Waals surface area contributed by atoms with Crippen molar-refractivity contribution in [3.8, 4) is 5.75 Å². The van der Waals surface area contributed by atoms with Crippen LogP contribution in [-0.4, -0.2) is 23.0 Å². The number of hydrogen-bond acceptors (Lipinski definition) is 6. The quantitative estimate of drug-likeness (QED) is 0.335. The molecule has 0 saturated carbocycles. The minimum absolute atomic E-state index is 0.146. The van der Waals surface area contributed by atoms with E-state index in [-0.39, 0.29) is 5.91 Å². The third-order valence-corrected chi connectivity index (χ3v) is 4.93. The first-order chi connectivity index (χ1) is 16.0. The Morgan fingerprint density at radius 1 is 0.758 bits per heavy atom. The van der Waals surface area contributed by atoms with Crippen molar-refractivity contribution in [2.75, 3.05) is 23.1 Å². The summed E-state index contributed by atoms with van der Waals surface area (Å²) in [5, 5.41) is 9.40. The van der Waals surface area contributed by atoms with Gasteiger partial charge < -0.3 is 20.7 Å². The smallest absolute Gasteiger partial charge is 0.255 e. The number of methoxy groups -OCH3 is 1. The molecule has 0 bridgehead atoms. The van der Waals surface area contributed by atoms with E-state index < -0.39 is 0 Å². The lowest BCUT2D eigenvalue weighted by Crippen LogP contribution is -2.11. The summed E-state index contributed by atoms with van der Waals surface area (Å²) in [6.45, 7) is 3.90. The largest absolute Gasteiger partial charge is 0.497 e. The van der Waals surface area contributed by atoms with E-state index in [1.54, 1.807) is 7.11 Å². The van der Waals surface area contributed by atoms with Crippen LogP contribution in [0.25, 0.3) is 0 Å². The molecule has 4 rings (SSSR count). The molecule has 1 aromatic heterocycles. The number of aryl methyl sites for hydroxylation is 2. The maximum atomic E-state index is 12.4. The molecule has 0 unspecified atom stereocenters. The Labute approximate surface area is 192 Å². The zero-order chi connectivity index (χ0) is 23.2. The normalized spacial score (nSPS) is 10.4. The Bertz CT molecular complexity index is 1240. The van der Waals surface area contributed by atoms with Crippen LogP contribution in [0.5, 0.6) is 5.75 Å². The third kappa shape index (κ3) is 5.86. The van der Waals surface area contributed by atoms with Crippen molar-refractivity contribution in [2.45, 2.75) is 13.8 Å². The highest BCUT2D eigenvalue weighted by Gasteiger charge is 2.07. The van der Waals surface area contributed by atoms with Gasteiger partial charge in [0.05, 0.1) is 7.11 Å². The summed E-state index contributed by atoms with van der Waals surface area (Å²) in [6.07, 6.45) is 0. The first kappa shape index (κ1) is 21.8. The van der Waals surface area contributed by atoms with E-state index in [1.165, 1.54) is 0 Å². The molecule has 166 valence electrons. The van der Waals surface area contributed by atoms with Gasteiger partial charge in [0, 0.05) is 34.4 Å². The molecule has 0 aliphatic heterocycles. The average molecular weight is 440 g/mol. The minimum Gasteiger partial charge on any atom is -0.497 e. The Hall–Kier alpha value is -4.39. The van der Waals surface area contributed by atoms with Crippen LogP contribution in [0, 0.1) is 13.8 Å². The first-order valence-electron chi connectivity index (χ1n) is 10.5. The van der Waals surface area contributed by atoms with Crippen molar-refractivity contribution in [2.24, 2.45) is 0 Å². The number of benzene rings is 3. The Morgan fingerprint density at radius 2 is 1.36 bits per heavy atom. The van der Waals surface area contributed by atoms with Crippen molar-refractivity contribution in [1.82, 2.24) is 9.97 Å². The monoisotopic (exact) mass is 439 g/mol. The Kier molecular flexibility index (Phi) is 6.50. The highest BCUT2D eigenvalue weighted by atomic mass is 16.5. The van der Waals surface area contributed by atoms with Crippen LogP contribution in [0.2, 0.25) is 0 Å². The molecule has 0 radical (unpaired) electrons. The standard InChI is InChI=1S/C26H25N5O2/c1-17-4-6-19(7-5-17)25(32)29-21-8-10-22(11-9-21)30-26-27-18(2)16-24(31-26)28-20-12-14-23(33-3)15-13-20/h4-16H,1-3H3,(H,29,32)(H2,27,28,30,31). The Morgan fingerprint density at radius 3 is 2.03 bits per heavy atom. The molecule has 1 amide bonds. The van der Waals surface area contributed by atoms with Crippen LogP contribution in [-0.2, 0) is 0 Å². The first-order valence-corrected chi connectivity index (χ1v) is 10.5. The number of aromatic nitrogens is 2. The van der Waals surface area contributed by atoms with Crippen LogP contribution in [0.1, 0.15) is 21.6 Å². The number of amides is 1. The summed E-state index contributed by atoms with van der Waals surface area (Å²) >= 11 is 0. The van der Waals surface area contributed by atoms with Crippen LogP contribution in [0.15, 0.2) is 78.9 Å². The molecule has 7 nitrogen and oxygen atoms in total. The zero-order valence-corrected chi connectivity index (χ0v) is 18.7. The highest BCUT2D eigenvalue weighted by molar-refractivity contribution is 6.04. The molecule has 0 saturated heterocycles. The molecule has 1 heterocycles. The van der Waals surface area contributed by atoms with Gasteiger partial charge in [-0.1, -0.05) is 17.7 Å². The van der Waals surface area contributed by atoms with Gasteiger partial charge >= 0.3 is 0 Å². The number of anilines is 5. The molecule has 7 heteroatoms. The number of carbonyl (C=O) groups excluding carboxylic acids is 1. The van der Waals surface area contributed by atoms with Gasteiger partial charge in [-0.15, -0.1) is 0 Å². The zero-order valence-electron chi connectivity index (χ0n) is 18.7. The van der Waals surface area contributed by atoms with Gasteiger partial charge in [0.1, 0.15) is 11.6 Å². The van der Waals surface area contributed by atoms with Gasteiger partial charge in [0.15, 0.2) is 0 Å². The third-order valence-electron chi connectivity index (χ3n) is 4.93. The fraction of sp³-hybridized carbons (Fsp3) is 0.115. The van der Waals surface area contributed by atoms with Gasteiger partial charge in [-0.05, 0) is 74.5 Å². The van der Waals surface area contributed by atoms with Gasteiger partial charge in [0.2, 0.25) is 5.95 Å². The van der Waals surface area contributed by atoms with E-state index in [1.807, 2.05) is 92.7 Å². The maximum absolute atomic E-state index is 12.4. The molecule has 3 aromatic carbocycles. The van der Waals surface area contributed by atoms with Crippen LogP contribution < -0.4 is 20.7 Å². The maximum Gasteiger partial charge on any atom is 0.255 e. The number of carbonyl (C=O) groups is 1. The molecule has 3 N–H and O–H groups in total. The van der Waals surface area contributed by atoms with Crippen molar-refractivity contribution >= 4 is 34.7 Å². The SMILES string of the molecule is COc1ccc(Nc2cc(C)nc(Nc3ccc(NC(=O)c4ccc(C)cc4)cc3)n2)cc1. The van der Waals surface area contributed by atoms with Crippen molar-refractivity contribution in [1.29, 1.82) is 0 Å². The van der Waals surface area contributed by atoms with Crippen molar-refractivity contribution in [3.63, 3.8) is 0 Å². The molecular weight excluding hydrogens is 414 g/mol. The predicted octanol–water partition coefficient (Wildman–Crippen LogP) is 5.84. The topological polar surface area (TPSA) is 88.2 Å². The van der Waals surface area contributed by atoms with Gasteiger partial charge in [-0.3, -0.25) is 4.79 Å². The van der Waals surface area contributed by atoms with E-state index >= 15 is 0 Å². The lowest BCUT2D eigenvalue weighted by Gasteiger charge is -2.11. The van der Waals surface area contributed by atoms with Crippen molar-refractivity contribution < 1.29 is 9.53 Å². The molecule has 0 spiro atoms. The summed E-state index contributed by atoms with van der Waals surface area (Å²) in [5.41, 5.74) is 4.97. The molecule has 0 aliphatic carbocycles. The molecular formula is C26H25N5O2. The number of rotatable bonds is 7. The molecule has 33 heavy (non-hydrogen) atoms. The van der Waals surface area contributed by atoms with Crippen LogP contribution >= 0.6 is 0 Å². The fourth-order valence-corrected chi connectivity index (χ4v) is 3.18. The average Bonchev–Trinajstić information content (AvgIpc) is 2.81. The molecule has 0 atom stereocenters. The van der Waals surface area contributed by atoms with E-state index in [0.717, 1.165) is 28.4 Å². The minimum atomic E-state index is -0.146. The second-order valence-electron chi connectivity index (χ2n) is 7.59. The predicted molar refractivity (Wildman–Crippen MR) is 132 cm³/mol. The van der Waals surface area contributed by atoms with E-state index in [2.05, 4.69) is 25.9 Å². The van der Waals surface area contributed by atoms with Gasteiger partial charge in [-0.25, -0.2) is 4.98 Å². The van der Waals surface area contributed by atoms with E-state index in [0.29, 0.717) is 23.0 Å². The molecule has 4 aromatic rings. The van der Waals surface area contributed by atoms with Crippen LogP contribution in [0.4, 0.5) is 28.8 Å². The van der Waals surface area contributed by atoms with Gasteiger partial charge in [-0.2, -0.15) is 4.98 Å². The Balaban J connectivity index is 1.42. The summed E-state index contributed by atoms with van der Waals surface area (Å²) in [4.78, 5) is 21.4. The van der Waals surface area contributed by atoms with Crippen LogP contribution in [0.3, 0.4) is 0 Å². The summed E-state index contributed by atoms with van der Waals surface area (Å²) in [6, 6.07) is 24.4. The second-order valence-corrected chi connectivity index (χ2v) is 7.59. The lowest BCUT2D eigenvalue weighted by atomic mass is 10.1. The molecule has 0 aliphatic rings. The summed E-state index contributed by atoms with van der Waals surface area (Å²) in [5.74, 6) is 1.80. The number of nitrogens with zero attached hydrogens (tertiary/aromatic N) is 2. The van der Waals surface area contributed by atoms with E-state index in [4.69, 9.17) is 4.74 Å². The number of ether oxygens (including phenoxy) is 1. The van der Waals surface area contributed by atoms with Gasteiger partial charge in [0.25, 0.3) is 5.91 Å². The second kappa shape index (κ2) is 9.82. The number of hydrogen-bond donors (Lipinski definition) is 3. The fourth-order valence-electron chi connectivity index (χ4n) is 3.18. The highest BCUT2D eigenvalue weighted by Crippen LogP contribution is 2.22. The molecule has 0 fully saturated rings. The number of nitrogens with one attached hydrogen (secondary N) is 3. The lowest BCUT2D eigenvalue weighted by molar-refractivity contribution is 0.102. The summed E-state index contributed by atoms with van der Waals surface area (Å²) in [7, 11) is 1.64. The van der Waals surface area contributed by atoms with E-state index in [9.17, 15) is 4.79 Å².